The maximum absolute atomic E-state index is 7.13. The number of hydrogen-bond acceptors (Lipinski definition) is 1. The van der Waals surface area contributed by atoms with E-state index in [9.17, 15) is 0 Å². The highest BCUT2D eigenvalue weighted by Gasteiger charge is 2.00. The molecule has 12 heavy (non-hydrogen) atoms. The number of hydrogen-bond donors (Lipinski definition) is 2. The second-order valence-electron chi connectivity index (χ2n) is 2.32. The Kier molecular flexibility index (Phi) is 11.8. The van der Waals surface area contributed by atoms with E-state index in [1.54, 1.807) is 0 Å². The van der Waals surface area contributed by atoms with E-state index in [-0.39, 0.29) is 5.96 Å². The minimum Gasteiger partial charge on any atom is -0.370 e. The molecule has 0 fully saturated rings. The number of nitrogens with one attached hydrogen (secondary N) is 1. The number of rotatable bonds is 4. The molecule has 0 aliphatic heterocycles. The van der Waals surface area contributed by atoms with Crippen molar-refractivity contribution in [3.8, 4) is 0 Å². The van der Waals surface area contributed by atoms with Crippen molar-refractivity contribution < 1.29 is 0 Å². The zero-order chi connectivity index (χ0) is 9.98. The molecule has 0 unspecified atom stereocenters. The summed E-state index contributed by atoms with van der Waals surface area (Å²) >= 11 is 0. The highest BCUT2D eigenvalue weighted by atomic mass is 15.2. The summed E-state index contributed by atoms with van der Waals surface area (Å²) < 4.78 is 0. The third-order valence-electron chi connectivity index (χ3n) is 1.50. The van der Waals surface area contributed by atoms with Gasteiger partial charge in [0, 0.05) is 13.1 Å². The molecule has 0 aromatic heterocycles. The van der Waals surface area contributed by atoms with E-state index in [1.165, 1.54) is 0 Å². The van der Waals surface area contributed by atoms with Gasteiger partial charge in [0.25, 0.3) is 0 Å². The highest BCUT2D eigenvalue weighted by molar-refractivity contribution is 5.74. The third-order valence-corrected chi connectivity index (χ3v) is 1.50. The van der Waals surface area contributed by atoms with E-state index in [4.69, 9.17) is 11.1 Å². The van der Waals surface area contributed by atoms with Gasteiger partial charge < -0.3 is 10.6 Å². The number of nitrogens with two attached hydrogens (primary N) is 1. The van der Waals surface area contributed by atoms with E-state index in [0.717, 1.165) is 25.9 Å². The van der Waals surface area contributed by atoms with Gasteiger partial charge in [0.15, 0.2) is 5.96 Å². The van der Waals surface area contributed by atoms with Gasteiger partial charge in [0.2, 0.25) is 0 Å². The standard InChI is InChI=1S/C7H17N3.C2H6/c1-3-5-6-10(4-2)7(8)9;1-2/h3-6H2,1-2H3,(H3,8,9);1-2H3. The van der Waals surface area contributed by atoms with E-state index in [1.807, 2.05) is 25.7 Å². The van der Waals surface area contributed by atoms with Crippen LogP contribution in [0.1, 0.15) is 40.5 Å². The van der Waals surface area contributed by atoms with E-state index >= 15 is 0 Å². The Hall–Kier alpha value is -0.730. The van der Waals surface area contributed by atoms with Crippen molar-refractivity contribution in [2.24, 2.45) is 5.73 Å². The Morgan fingerprint density at radius 2 is 1.83 bits per heavy atom. The second-order valence-corrected chi connectivity index (χ2v) is 2.32. The number of nitrogens with zero attached hydrogens (tertiary/aromatic N) is 1. The van der Waals surface area contributed by atoms with Gasteiger partial charge in [-0.05, 0) is 13.3 Å². The Morgan fingerprint density at radius 1 is 1.33 bits per heavy atom. The predicted molar refractivity (Wildman–Crippen MR) is 55.4 cm³/mol. The molecule has 0 bridgehead atoms. The van der Waals surface area contributed by atoms with Crippen molar-refractivity contribution >= 4 is 5.96 Å². The van der Waals surface area contributed by atoms with Gasteiger partial charge in [-0.15, -0.1) is 0 Å². The quantitative estimate of drug-likeness (QED) is 0.505. The monoisotopic (exact) mass is 173 g/mol. The molecule has 0 aliphatic rings. The van der Waals surface area contributed by atoms with Crippen molar-refractivity contribution in [2.75, 3.05) is 13.1 Å². The Balaban J connectivity index is 0. The normalized spacial score (nSPS) is 8.33. The molecule has 0 aromatic carbocycles. The maximum Gasteiger partial charge on any atom is 0.188 e. The third kappa shape index (κ3) is 7.38. The van der Waals surface area contributed by atoms with Gasteiger partial charge in [-0.2, -0.15) is 0 Å². The molecule has 0 aromatic rings. The van der Waals surface area contributed by atoms with Gasteiger partial charge in [0.05, 0.1) is 0 Å². The second kappa shape index (κ2) is 10.3. The summed E-state index contributed by atoms with van der Waals surface area (Å²) in [5, 5.41) is 7.13. The van der Waals surface area contributed by atoms with Crippen molar-refractivity contribution in [1.29, 1.82) is 5.41 Å². The van der Waals surface area contributed by atoms with E-state index in [2.05, 4.69) is 6.92 Å². The van der Waals surface area contributed by atoms with Gasteiger partial charge in [0.1, 0.15) is 0 Å². The Morgan fingerprint density at radius 3 is 2.08 bits per heavy atom. The first-order chi connectivity index (χ1) is 5.72. The zero-order valence-electron chi connectivity index (χ0n) is 8.85. The average Bonchev–Trinajstić information content (AvgIpc) is 2.09. The lowest BCUT2D eigenvalue weighted by Crippen LogP contribution is -2.36. The van der Waals surface area contributed by atoms with Gasteiger partial charge in [-0.3, -0.25) is 5.41 Å². The van der Waals surface area contributed by atoms with E-state index in [0.29, 0.717) is 0 Å². The molecule has 3 N–H and O–H groups in total. The van der Waals surface area contributed by atoms with Crippen LogP contribution in [-0.4, -0.2) is 23.9 Å². The fraction of sp³-hybridized carbons (Fsp3) is 0.889. The summed E-state index contributed by atoms with van der Waals surface area (Å²) in [6, 6.07) is 0. The van der Waals surface area contributed by atoms with Crippen LogP contribution in [0.15, 0.2) is 0 Å². The average molecular weight is 173 g/mol. The topological polar surface area (TPSA) is 53.1 Å². The van der Waals surface area contributed by atoms with Gasteiger partial charge >= 0.3 is 0 Å². The molecule has 0 heterocycles. The van der Waals surface area contributed by atoms with Crippen LogP contribution >= 0.6 is 0 Å². The van der Waals surface area contributed by atoms with Crippen LogP contribution in [0.2, 0.25) is 0 Å². The molecule has 3 nitrogen and oxygen atoms in total. The van der Waals surface area contributed by atoms with E-state index < -0.39 is 0 Å². The molecule has 74 valence electrons. The van der Waals surface area contributed by atoms with Crippen LogP contribution < -0.4 is 5.73 Å². The van der Waals surface area contributed by atoms with Crippen molar-refractivity contribution in [3.63, 3.8) is 0 Å². The first-order valence-electron chi connectivity index (χ1n) is 4.81. The summed E-state index contributed by atoms with van der Waals surface area (Å²) in [7, 11) is 0. The highest BCUT2D eigenvalue weighted by Crippen LogP contribution is 1.92. The predicted octanol–water partition coefficient (Wildman–Crippen LogP) is 2.03. The maximum atomic E-state index is 7.13. The minimum absolute atomic E-state index is 0.191. The SMILES string of the molecule is CC.CCCCN(CC)C(=N)N. The molecule has 3 heteroatoms. The van der Waals surface area contributed by atoms with Crippen molar-refractivity contribution in [1.82, 2.24) is 4.90 Å². The lowest BCUT2D eigenvalue weighted by atomic mass is 10.3. The summed E-state index contributed by atoms with van der Waals surface area (Å²) in [5.41, 5.74) is 5.30. The smallest absolute Gasteiger partial charge is 0.188 e. The minimum atomic E-state index is 0.191. The molecule has 0 saturated carbocycles. The summed E-state index contributed by atoms with van der Waals surface area (Å²) in [4.78, 5) is 1.86. The largest absolute Gasteiger partial charge is 0.370 e. The molecule has 0 radical (unpaired) electrons. The van der Waals surface area contributed by atoms with Gasteiger partial charge in [-0.1, -0.05) is 27.2 Å². The fourth-order valence-electron chi connectivity index (χ4n) is 0.798. The van der Waals surface area contributed by atoms with Crippen LogP contribution in [-0.2, 0) is 0 Å². The van der Waals surface area contributed by atoms with Crippen LogP contribution in [0.25, 0.3) is 0 Å². The molecule has 0 aliphatic carbocycles. The first-order valence-corrected chi connectivity index (χ1v) is 4.81. The number of guanidine groups is 1. The van der Waals surface area contributed by atoms with Gasteiger partial charge in [-0.25, -0.2) is 0 Å². The summed E-state index contributed by atoms with van der Waals surface area (Å²) in [6.45, 7) is 9.91. The first kappa shape index (κ1) is 13.8. The van der Waals surface area contributed by atoms with Crippen LogP contribution in [0, 0.1) is 5.41 Å². The lowest BCUT2D eigenvalue weighted by Gasteiger charge is -2.19. The summed E-state index contributed by atoms with van der Waals surface area (Å²) in [6.07, 6.45) is 2.28. The molecule has 0 spiro atoms. The molecular formula is C9H23N3. The molecular weight excluding hydrogens is 150 g/mol. The summed E-state index contributed by atoms with van der Waals surface area (Å²) in [5.74, 6) is 0.191. The molecule has 0 rings (SSSR count). The fourth-order valence-corrected chi connectivity index (χ4v) is 0.798. The number of unbranched alkanes of at least 4 members (excludes halogenated alkanes) is 1. The Labute approximate surface area is 76.4 Å². The van der Waals surface area contributed by atoms with Crippen molar-refractivity contribution in [3.05, 3.63) is 0 Å². The van der Waals surface area contributed by atoms with Crippen LogP contribution in [0.5, 0.6) is 0 Å². The lowest BCUT2D eigenvalue weighted by molar-refractivity contribution is 0.421. The Bertz CT molecular complexity index is 102. The van der Waals surface area contributed by atoms with Crippen LogP contribution in [0.3, 0.4) is 0 Å². The zero-order valence-corrected chi connectivity index (χ0v) is 8.85. The van der Waals surface area contributed by atoms with Crippen LogP contribution in [0.4, 0.5) is 0 Å². The molecule has 0 saturated heterocycles. The molecule has 0 atom stereocenters. The molecule has 0 amide bonds. The van der Waals surface area contributed by atoms with Crippen molar-refractivity contribution in [2.45, 2.75) is 40.5 Å².